The molecule has 0 aromatic rings. The summed E-state index contributed by atoms with van der Waals surface area (Å²) in [7, 11) is 0. The minimum absolute atomic E-state index is 0.154. The topological polar surface area (TPSA) is 61.8 Å². The van der Waals surface area contributed by atoms with Gasteiger partial charge in [0.15, 0.2) is 0 Å². The third kappa shape index (κ3) is 3.66. The van der Waals surface area contributed by atoms with Gasteiger partial charge in [0.1, 0.15) is 11.2 Å². The Labute approximate surface area is 216 Å². The summed E-state index contributed by atoms with van der Waals surface area (Å²) >= 11 is 0. The van der Waals surface area contributed by atoms with Crippen LogP contribution in [0.3, 0.4) is 0 Å². The highest BCUT2D eigenvalue weighted by atomic mass is 16.6. The van der Waals surface area contributed by atoms with Crippen LogP contribution in [0.15, 0.2) is 23.8 Å². The van der Waals surface area contributed by atoms with Crippen LogP contribution >= 0.6 is 0 Å². The predicted octanol–water partition coefficient (Wildman–Crippen LogP) is 6.02. The van der Waals surface area contributed by atoms with E-state index >= 15 is 0 Å². The lowest BCUT2D eigenvalue weighted by atomic mass is 9.66. The van der Waals surface area contributed by atoms with Gasteiger partial charge in [-0.2, -0.15) is 0 Å². The molecule has 0 amide bonds. The van der Waals surface area contributed by atoms with Crippen LogP contribution in [0, 0.1) is 46.8 Å². The van der Waals surface area contributed by atoms with Gasteiger partial charge in [0.05, 0.1) is 13.2 Å². The van der Waals surface area contributed by atoms with Crippen molar-refractivity contribution < 1.29 is 23.8 Å². The van der Waals surface area contributed by atoms with Crippen LogP contribution in [-0.2, 0) is 23.8 Å². The van der Waals surface area contributed by atoms with E-state index in [1.165, 1.54) is 25.7 Å². The monoisotopic (exact) mass is 496 g/mol. The number of carbonyl (C=O) groups is 2. The molecule has 6 bridgehead atoms. The fourth-order valence-corrected chi connectivity index (χ4v) is 10.2. The first-order chi connectivity index (χ1) is 17.0. The molecule has 6 saturated carbocycles. The highest BCUT2D eigenvalue weighted by Gasteiger charge is 2.67. The molecule has 0 aromatic heterocycles. The van der Waals surface area contributed by atoms with Crippen molar-refractivity contribution in [2.75, 3.05) is 13.2 Å². The number of hydrogen-bond donors (Lipinski definition) is 0. The molecule has 198 valence electrons. The summed E-state index contributed by atoms with van der Waals surface area (Å²) in [6, 6.07) is 0. The van der Waals surface area contributed by atoms with Crippen molar-refractivity contribution in [3.63, 3.8) is 0 Å². The average molecular weight is 497 g/mol. The Morgan fingerprint density at radius 2 is 1.67 bits per heavy atom. The quantitative estimate of drug-likeness (QED) is 0.178. The van der Waals surface area contributed by atoms with Crippen molar-refractivity contribution in [2.45, 2.75) is 96.7 Å². The predicted molar refractivity (Wildman–Crippen MR) is 137 cm³/mol. The Kier molecular flexibility index (Phi) is 5.79. The maximum Gasteiger partial charge on any atom is 0.334 e. The van der Waals surface area contributed by atoms with Gasteiger partial charge in [0, 0.05) is 22.5 Å². The van der Waals surface area contributed by atoms with Crippen molar-refractivity contribution in [3.8, 4) is 0 Å². The van der Waals surface area contributed by atoms with E-state index in [-0.39, 0.29) is 23.0 Å². The van der Waals surface area contributed by atoms with E-state index in [0.717, 1.165) is 61.7 Å². The van der Waals surface area contributed by atoms with Crippen molar-refractivity contribution in [1.29, 1.82) is 0 Å². The van der Waals surface area contributed by atoms with Crippen LogP contribution in [0.1, 0.15) is 85.5 Å². The molecule has 5 heteroatoms. The molecule has 0 N–H and O–H groups in total. The third-order valence-electron chi connectivity index (χ3n) is 11.8. The average Bonchev–Trinajstić information content (AvgIpc) is 3.63. The second-order valence-corrected chi connectivity index (χ2v) is 13.9. The van der Waals surface area contributed by atoms with E-state index in [4.69, 9.17) is 14.2 Å². The number of carbonyl (C=O) groups excluding carboxylic acids is 2. The molecular formula is C31H44O5. The molecule has 6 aliphatic rings. The molecule has 0 aliphatic heterocycles. The molecule has 0 spiro atoms. The van der Waals surface area contributed by atoms with Gasteiger partial charge < -0.3 is 14.2 Å². The van der Waals surface area contributed by atoms with Crippen molar-refractivity contribution in [1.82, 2.24) is 0 Å². The highest BCUT2D eigenvalue weighted by Crippen LogP contribution is 2.70. The molecule has 0 saturated heterocycles. The maximum atomic E-state index is 13.1. The summed E-state index contributed by atoms with van der Waals surface area (Å²) in [5.41, 5.74) is 0.0940. The summed E-state index contributed by atoms with van der Waals surface area (Å²) in [6.45, 7) is 12.5. The molecule has 0 aromatic carbocycles. The Balaban J connectivity index is 1.04. The van der Waals surface area contributed by atoms with Crippen LogP contribution in [-0.4, -0.2) is 36.4 Å². The molecule has 10 atom stereocenters. The number of fused-ring (bicyclic) bond motifs is 11. The van der Waals surface area contributed by atoms with Crippen LogP contribution in [0.25, 0.3) is 0 Å². The zero-order chi connectivity index (χ0) is 25.5. The van der Waals surface area contributed by atoms with Crippen molar-refractivity contribution in [2.24, 2.45) is 46.8 Å². The first-order valence-corrected chi connectivity index (χ1v) is 14.4. The van der Waals surface area contributed by atoms with Crippen molar-refractivity contribution >= 4 is 11.9 Å². The third-order valence-corrected chi connectivity index (χ3v) is 11.8. The molecule has 6 fully saturated rings. The molecule has 0 radical (unpaired) electrons. The number of ether oxygens (including phenoxy) is 3. The summed E-state index contributed by atoms with van der Waals surface area (Å²) < 4.78 is 18.4. The maximum absolute atomic E-state index is 13.1. The van der Waals surface area contributed by atoms with Gasteiger partial charge in [-0.1, -0.05) is 6.58 Å². The Morgan fingerprint density at radius 3 is 2.39 bits per heavy atom. The zero-order valence-corrected chi connectivity index (χ0v) is 22.6. The second-order valence-electron chi connectivity index (χ2n) is 13.9. The summed E-state index contributed by atoms with van der Waals surface area (Å²) in [5, 5.41) is 0. The first kappa shape index (κ1) is 24.7. The number of esters is 2. The van der Waals surface area contributed by atoms with E-state index in [2.05, 4.69) is 20.4 Å². The molecular weight excluding hydrogens is 452 g/mol. The van der Waals surface area contributed by atoms with Crippen LogP contribution < -0.4 is 0 Å². The minimum Gasteiger partial charge on any atom is -0.456 e. The first-order valence-electron chi connectivity index (χ1n) is 14.4. The van der Waals surface area contributed by atoms with Gasteiger partial charge in [0.2, 0.25) is 0 Å². The second kappa shape index (κ2) is 8.44. The molecule has 10 unspecified atom stereocenters. The summed E-state index contributed by atoms with van der Waals surface area (Å²) in [4.78, 5) is 25.4. The van der Waals surface area contributed by atoms with E-state index in [9.17, 15) is 9.59 Å². The molecule has 36 heavy (non-hydrogen) atoms. The summed E-state index contributed by atoms with van der Waals surface area (Å²) in [5.74, 6) is 4.93. The van der Waals surface area contributed by atoms with Crippen LogP contribution in [0.5, 0.6) is 0 Å². The van der Waals surface area contributed by atoms with E-state index in [1.54, 1.807) is 6.92 Å². The largest absolute Gasteiger partial charge is 0.456 e. The number of rotatable bonds is 8. The van der Waals surface area contributed by atoms with Gasteiger partial charge in [-0.3, -0.25) is 0 Å². The molecule has 5 nitrogen and oxygen atoms in total. The lowest BCUT2D eigenvalue weighted by Crippen LogP contribution is -2.48. The van der Waals surface area contributed by atoms with Gasteiger partial charge in [-0.15, -0.1) is 0 Å². The van der Waals surface area contributed by atoms with E-state index in [0.29, 0.717) is 36.2 Å². The Bertz CT molecular complexity index is 999. The standard InChI is InChI=1S/C31H44O5/c1-18(2)27(32)36-30(5)14-20-8-10-31(30,15-20)17-34-11-9-19(3)28(33)35-29(4)16-23-13-24(29)26-22-7-6-21(12-22)25(23)26/h9,20-26H,1,6-8,10-17H2,2-5H3/b19-9-. The molecule has 6 rings (SSSR count). The number of hydrogen-bond acceptors (Lipinski definition) is 5. The van der Waals surface area contributed by atoms with Crippen LogP contribution in [0.2, 0.25) is 0 Å². The lowest BCUT2D eigenvalue weighted by Gasteiger charge is -2.44. The summed E-state index contributed by atoms with van der Waals surface area (Å²) in [6.07, 6.45) is 12.5. The van der Waals surface area contributed by atoms with Gasteiger partial charge >= 0.3 is 11.9 Å². The fourth-order valence-electron chi connectivity index (χ4n) is 10.2. The van der Waals surface area contributed by atoms with Crippen LogP contribution in [0.4, 0.5) is 0 Å². The lowest BCUT2D eigenvalue weighted by molar-refractivity contribution is -0.173. The SMILES string of the molecule is C=C(C)C(=O)OC1(C)CC2CCC1(COC/C=C(/C)C(=O)OC1(C)CC3CC1C1C4CCC(C4)C31)C2. The highest BCUT2D eigenvalue weighted by molar-refractivity contribution is 5.88. The normalized spacial score (nSPS) is 47.9. The minimum atomic E-state index is -0.516. The Morgan fingerprint density at radius 1 is 0.917 bits per heavy atom. The Hall–Kier alpha value is -1.62. The van der Waals surface area contributed by atoms with E-state index in [1.807, 2.05) is 13.0 Å². The van der Waals surface area contributed by atoms with E-state index < -0.39 is 5.60 Å². The molecule has 6 aliphatic carbocycles. The molecule has 0 heterocycles. The van der Waals surface area contributed by atoms with Crippen molar-refractivity contribution in [3.05, 3.63) is 23.8 Å². The van der Waals surface area contributed by atoms with Gasteiger partial charge in [-0.25, -0.2) is 9.59 Å². The zero-order valence-electron chi connectivity index (χ0n) is 22.6. The smallest absolute Gasteiger partial charge is 0.334 e. The fraction of sp³-hybridized carbons (Fsp3) is 0.806. The van der Waals surface area contributed by atoms with Gasteiger partial charge in [0.25, 0.3) is 0 Å². The van der Waals surface area contributed by atoms with Gasteiger partial charge in [-0.05, 0) is 127 Å².